The molecule has 11 heteroatoms. The van der Waals surface area contributed by atoms with Gasteiger partial charge in [0.25, 0.3) is 5.91 Å². The Bertz CT molecular complexity index is 1390. The lowest BCUT2D eigenvalue weighted by atomic mass is 10.1. The molecule has 1 fully saturated rings. The molecular formula is C25H21N3O8. The van der Waals surface area contributed by atoms with Gasteiger partial charge in [-0.2, -0.15) is 0 Å². The Hall–Kier alpha value is -4.93. The summed E-state index contributed by atoms with van der Waals surface area (Å²) in [6, 6.07) is 14.0. The van der Waals surface area contributed by atoms with Crippen molar-refractivity contribution in [1.29, 1.82) is 0 Å². The molecule has 0 unspecified atom stereocenters. The van der Waals surface area contributed by atoms with Crippen LogP contribution in [0.25, 0.3) is 6.08 Å². The van der Waals surface area contributed by atoms with Gasteiger partial charge in [0, 0.05) is 6.07 Å². The lowest BCUT2D eigenvalue weighted by molar-refractivity contribution is -0.386. The highest BCUT2D eigenvalue weighted by Gasteiger charge is 2.34. The Kier molecular flexibility index (Phi) is 6.81. The molecule has 1 aliphatic heterocycles. The number of carbonyl (C=O) groups is 3. The SMILES string of the molecule is COC(=O)c1ccc(CN2C(=O)NC(=Cc3ccc(OCc4cccc(C)c4)c([N+](=O)[O-])c3)C2=O)o1. The zero-order valence-electron chi connectivity index (χ0n) is 19.3. The smallest absolute Gasteiger partial charge is 0.373 e. The highest BCUT2D eigenvalue weighted by atomic mass is 16.6. The van der Waals surface area contributed by atoms with E-state index in [1.165, 1.54) is 37.5 Å². The molecule has 3 aromatic rings. The summed E-state index contributed by atoms with van der Waals surface area (Å²) in [6.45, 7) is 1.87. The fourth-order valence-corrected chi connectivity index (χ4v) is 3.56. The molecule has 11 nitrogen and oxygen atoms in total. The van der Waals surface area contributed by atoms with Crippen LogP contribution in [-0.2, 0) is 22.7 Å². The van der Waals surface area contributed by atoms with Crippen molar-refractivity contribution in [2.24, 2.45) is 0 Å². The Morgan fingerprint density at radius 2 is 1.97 bits per heavy atom. The fraction of sp³-hybridized carbons (Fsp3) is 0.160. The van der Waals surface area contributed by atoms with Crippen LogP contribution in [0.15, 0.2) is 64.7 Å². The van der Waals surface area contributed by atoms with Crippen molar-refractivity contribution in [1.82, 2.24) is 10.2 Å². The van der Waals surface area contributed by atoms with Crippen LogP contribution in [0.5, 0.6) is 5.75 Å². The van der Waals surface area contributed by atoms with Gasteiger partial charge >= 0.3 is 17.7 Å². The van der Waals surface area contributed by atoms with E-state index in [-0.39, 0.29) is 41.8 Å². The van der Waals surface area contributed by atoms with E-state index >= 15 is 0 Å². The first kappa shape index (κ1) is 24.2. The Morgan fingerprint density at radius 3 is 2.69 bits per heavy atom. The number of ether oxygens (including phenoxy) is 2. The summed E-state index contributed by atoms with van der Waals surface area (Å²) in [6.07, 6.45) is 1.33. The highest BCUT2D eigenvalue weighted by Crippen LogP contribution is 2.30. The van der Waals surface area contributed by atoms with E-state index in [9.17, 15) is 24.5 Å². The van der Waals surface area contributed by atoms with Crippen LogP contribution in [-0.4, -0.2) is 34.8 Å². The third-order valence-electron chi connectivity index (χ3n) is 5.29. The topological polar surface area (TPSA) is 141 Å². The monoisotopic (exact) mass is 491 g/mol. The fourth-order valence-electron chi connectivity index (χ4n) is 3.56. The number of methoxy groups -OCH3 is 1. The first-order valence-corrected chi connectivity index (χ1v) is 10.7. The maximum atomic E-state index is 12.8. The first-order valence-electron chi connectivity index (χ1n) is 10.7. The van der Waals surface area contributed by atoms with Crippen molar-refractivity contribution in [3.63, 3.8) is 0 Å². The van der Waals surface area contributed by atoms with Gasteiger partial charge in [-0.25, -0.2) is 9.59 Å². The molecular weight excluding hydrogens is 470 g/mol. The summed E-state index contributed by atoms with van der Waals surface area (Å²) < 4.78 is 15.5. The van der Waals surface area contributed by atoms with Crippen LogP contribution in [0.2, 0.25) is 0 Å². The quantitative estimate of drug-likeness (QED) is 0.164. The second kappa shape index (κ2) is 10.1. The van der Waals surface area contributed by atoms with Crippen molar-refractivity contribution in [2.45, 2.75) is 20.1 Å². The summed E-state index contributed by atoms with van der Waals surface area (Å²) >= 11 is 0. The molecule has 36 heavy (non-hydrogen) atoms. The molecule has 3 amide bonds. The van der Waals surface area contributed by atoms with E-state index in [0.717, 1.165) is 16.0 Å². The number of hydrogen-bond acceptors (Lipinski definition) is 8. The van der Waals surface area contributed by atoms with Crippen molar-refractivity contribution in [2.75, 3.05) is 7.11 Å². The summed E-state index contributed by atoms with van der Waals surface area (Å²) in [5.74, 6) is -1.13. The second-order valence-electron chi connectivity index (χ2n) is 7.90. The minimum absolute atomic E-state index is 0.0627. The van der Waals surface area contributed by atoms with Gasteiger partial charge in [-0.1, -0.05) is 35.9 Å². The number of nitro benzene ring substituents is 1. The van der Waals surface area contributed by atoms with Gasteiger partial charge < -0.3 is 19.2 Å². The number of carbonyl (C=O) groups excluding carboxylic acids is 3. The van der Waals surface area contributed by atoms with Crippen LogP contribution in [0.1, 0.15) is 33.0 Å². The van der Waals surface area contributed by atoms with E-state index < -0.39 is 22.8 Å². The number of rotatable bonds is 8. The molecule has 1 aromatic heterocycles. The van der Waals surface area contributed by atoms with E-state index in [1.54, 1.807) is 6.07 Å². The van der Waals surface area contributed by atoms with Crippen LogP contribution in [0, 0.1) is 17.0 Å². The number of nitrogens with zero attached hydrogens (tertiary/aromatic N) is 2. The minimum atomic E-state index is -0.699. The molecule has 0 atom stereocenters. The zero-order chi connectivity index (χ0) is 25.8. The predicted octanol–water partition coefficient (Wildman–Crippen LogP) is 3.95. The third-order valence-corrected chi connectivity index (χ3v) is 5.29. The highest BCUT2D eigenvalue weighted by molar-refractivity contribution is 6.13. The standard InChI is InChI=1S/C25H21N3O8/c1-15-4-3-5-17(10-15)14-35-21-8-6-16(12-20(21)28(32)33)11-19-23(29)27(25(31)26-19)13-18-7-9-22(36-18)24(30)34-2/h3-12H,13-14H2,1-2H3,(H,26,31). The number of imide groups is 1. The number of amides is 3. The molecule has 0 spiro atoms. The Labute approximate surface area is 205 Å². The van der Waals surface area contributed by atoms with E-state index in [1.807, 2.05) is 31.2 Å². The van der Waals surface area contributed by atoms with Crippen molar-refractivity contribution in [3.05, 3.63) is 98.6 Å². The van der Waals surface area contributed by atoms with E-state index in [4.69, 9.17) is 9.15 Å². The molecule has 0 saturated carbocycles. The number of esters is 1. The maximum Gasteiger partial charge on any atom is 0.373 e. The number of furan rings is 1. The van der Waals surface area contributed by atoms with E-state index in [0.29, 0.717) is 5.56 Å². The maximum absolute atomic E-state index is 12.8. The number of aryl methyl sites for hydroxylation is 1. The molecule has 0 aliphatic carbocycles. The predicted molar refractivity (Wildman–Crippen MR) is 126 cm³/mol. The third kappa shape index (κ3) is 5.25. The normalized spacial score (nSPS) is 14.2. The number of benzene rings is 2. The Morgan fingerprint density at radius 1 is 1.17 bits per heavy atom. The number of nitrogens with one attached hydrogen (secondary N) is 1. The summed E-state index contributed by atoms with van der Waals surface area (Å²) in [5, 5.41) is 14.1. The van der Waals surface area contributed by atoms with Crippen LogP contribution < -0.4 is 10.1 Å². The van der Waals surface area contributed by atoms with Crippen molar-refractivity contribution >= 4 is 29.7 Å². The van der Waals surface area contributed by atoms with Crippen molar-refractivity contribution in [3.8, 4) is 5.75 Å². The largest absolute Gasteiger partial charge is 0.482 e. The summed E-state index contributed by atoms with van der Waals surface area (Å²) in [5.41, 5.74) is 1.88. The van der Waals surface area contributed by atoms with Gasteiger partial charge in [-0.15, -0.1) is 0 Å². The molecule has 4 rings (SSSR count). The molecule has 184 valence electrons. The van der Waals surface area contributed by atoms with Crippen LogP contribution in [0.3, 0.4) is 0 Å². The zero-order valence-corrected chi connectivity index (χ0v) is 19.3. The Balaban J connectivity index is 1.50. The molecule has 0 radical (unpaired) electrons. The van der Waals surface area contributed by atoms with Crippen LogP contribution in [0.4, 0.5) is 10.5 Å². The second-order valence-corrected chi connectivity index (χ2v) is 7.90. The van der Waals surface area contributed by atoms with Gasteiger partial charge in [0.05, 0.1) is 18.6 Å². The number of nitro groups is 1. The van der Waals surface area contributed by atoms with Gasteiger partial charge in [0.2, 0.25) is 5.76 Å². The van der Waals surface area contributed by atoms with E-state index in [2.05, 4.69) is 10.1 Å². The number of hydrogen-bond donors (Lipinski definition) is 1. The molecule has 1 N–H and O–H groups in total. The summed E-state index contributed by atoms with van der Waals surface area (Å²) in [7, 11) is 1.20. The lowest BCUT2D eigenvalue weighted by Gasteiger charge is -2.09. The van der Waals surface area contributed by atoms with Crippen molar-refractivity contribution < 1.29 is 33.2 Å². The number of urea groups is 1. The van der Waals surface area contributed by atoms with Gasteiger partial charge in [-0.3, -0.25) is 19.8 Å². The molecule has 1 aliphatic rings. The molecule has 2 aromatic carbocycles. The lowest BCUT2D eigenvalue weighted by Crippen LogP contribution is -2.30. The molecule has 1 saturated heterocycles. The molecule has 0 bridgehead atoms. The summed E-state index contributed by atoms with van der Waals surface area (Å²) in [4.78, 5) is 48.6. The minimum Gasteiger partial charge on any atom is -0.482 e. The van der Waals surface area contributed by atoms with Gasteiger partial charge in [0.15, 0.2) is 5.75 Å². The van der Waals surface area contributed by atoms with Gasteiger partial charge in [0.1, 0.15) is 18.1 Å². The average molecular weight is 491 g/mol. The van der Waals surface area contributed by atoms with Crippen LogP contribution >= 0.6 is 0 Å². The average Bonchev–Trinajstić information content (AvgIpc) is 3.43. The molecule has 2 heterocycles. The first-order chi connectivity index (χ1) is 17.2. The van der Waals surface area contributed by atoms with Gasteiger partial charge in [-0.05, 0) is 42.3 Å².